The number of nitrogens with one attached hydrogen (secondary N) is 3. The largest absolute Gasteiger partial charge is 0.495 e. The Morgan fingerprint density at radius 3 is 2.40 bits per heavy atom. The topological polar surface area (TPSA) is 158 Å². The van der Waals surface area contributed by atoms with Gasteiger partial charge in [-0.1, -0.05) is 18.2 Å². The number of rotatable bonds is 13. The highest BCUT2D eigenvalue weighted by Crippen LogP contribution is 2.28. The maximum atomic E-state index is 13.8. The quantitative estimate of drug-likeness (QED) is 0.123. The third-order valence-corrected chi connectivity index (χ3v) is 5.47. The van der Waals surface area contributed by atoms with Crippen molar-refractivity contribution in [1.29, 1.82) is 0 Å². The summed E-state index contributed by atoms with van der Waals surface area (Å²) >= 11 is 0. The van der Waals surface area contributed by atoms with Crippen molar-refractivity contribution < 1.29 is 37.9 Å². The lowest BCUT2D eigenvalue weighted by Crippen LogP contribution is -2.28. The summed E-state index contributed by atoms with van der Waals surface area (Å²) in [6.07, 6.45) is 0.0758. The number of halogens is 1. The molecule has 0 saturated carbocycles. The summed E-state index contributed by atoms with van der Waals surface area (Å²) < 4.78 is 29.1. The van der Waals surface area contributed by atoms with Crippen LogP contribution in [0.4, 0.5) is 26.2 Å². The fraction of sp³-hybridized carbons (Fsp3) is 0.222. The Labute approximate surface area is 228 Å². The summed E-state index contributed by atoms with van der Waals surface area (Å²) in [5, 5.41) is 19.2. The minimum absolute atomic E-state index is 0.0140. The molecule has 40 heavy (non-hydrogen) atoms. The number of hydrogen-bond donors (Lipinski definition) is 3. The zero-order chi connectivity index (χ0) is 29.1. The van der Waals surface area contributed by atoms with Gasteiger partial charge in [-0.2, -0.15) is 0 Å². The number of Topliss-reactive ketones (excluding diaryl/α,β-unsaturated/α-hetero) is 1. The van der Waals surface area contributed by atoms with E-state index in [1.54, 1.807) is 24.3 Å². The van der Waals surface area contributed by atoms with Gasteiger partial charge in [0.15, 0.2) is 11.5 Å². The number of anilines is 2. The number of nitrogens with zero attached hydrogens (tertiary/aromatic N) is 1. The van der Waals surface area contributed by atoms with E-state index in [1.807, 2.05) is 0 Å². The predicted octanol–water partition coefficient (Wildman–Crippen LogP) is 3.95. The van der Waals surface area contributed by atoms with Crippen LogP contribution < -0.4 is 25.4 Å². The summed E-state index contributed by atoms with van der Waals surface area (Å²) in [5.41, 5.74) is 0.638. The molecule has 2 amide bonds. The highest BCUT2D eigenvalue weighted by Gasteiger charge is 2.19. The molecule has 0 unspecified atom stereocenters. The minimum atomic E-state index is -0.705. The summed E-state index contributed by atoms with van der Waals surface area (Å²) in [5.74, 6) is -1.13. The van der Waals surface area contributed by atoms with Crippen molar-refractivity contribution in [2.75, 3.05) is 44.5 Å². The Balaban J connectivity index is 1.47. The van der Waals surface area contributed by atoms with Gasteiger partial charge in [-0.3, -0.25) is 14.9 Å². The van der Waals surface area contributed by atoms with Crippen LogP contribution in [0.2, 0.25) is 0 Å². The molecule has 0 aliphatic heterocycles. The van der Waals surface area contributed by atoms with E-state index >= 15 is 0 Å². The van der Waals surface area contributed by atoms with E-state index in [9.17, 15) is 28.9 Å². The standard InChI is InChI=1S/C27H27FN4O8/c1-38-25-14-17(7-9-22(25)31-27(35)30-21-6-4-3-5-20(21)28)13-19(33)16-29-11-12-40-24-10-8-18(26(34)39-2)15-23(24)32(36)37/h3-10,14-15,29H,11-13,16H2,1-2H3,(H2,30,31,35). The van der Waals surface area contributed by atoms with Crippen molar-refractivity contribution in [3.8, 4) is 11.5 Å². The number of benzene rings is 3. The molecule has 3 aromatic rings. The summed E-state index contributed by atoms with van der Waals surface area (Å²) in [4.78, 5) is 46.9. The van der Waals surface area contributed by atoms with E-state index in [4.69, 9.17) is 9.47 Å². The van der Waals surface area contributed by atoms with Crippen LogP contribution >= 0.6 is 0 Å². The van der Waals surface area contributed by atoms with Crippen molar-refractivity contribution in [2.24, 2.45) is 0 Å². The van der Waals surface area contributed by atoms with Crippen molar-refractivity contribution in [1.82, 2.24) is 5.32 Å². The first-order chi connectivity index (χ1) is 19.2. The van der Waals surface area contributed by atoms with E-state index in [0.29, 0.717) is 17.0 Å². The lowest BCUT2D eigenvalue weighted by molar-refractivity contribution is -0.385. The third-order valence-electron chi connectivity index (χ3n) is 5.47. The van der Waals surface area contributed by atoms with Gasteiger partial charge in [0.25, 0.3) is 0 Å². The van der Waals surface area contributed by atoms with Gasteiger partial charge in [-0.25, -0.2) is 14.0 Å². The molecule has 0 radical (unpaired) electrons. The Hall–Kier alpha value is -5.04. The lowest BCUT2D eigenvalue weighted by atomic mass is 10.1. The number of ketones is 1. The molecule has 3 rings (SSSR count). The number of ether oxygens (including phenoxy) is 3. The number of carbonyl (C=O) groups excluding carboxylic acids is 3. The molecule has 0 saturated heterocycles. The van der Waals surface area contributed by atoms with Gasteiger partial charge in [0.05, 0.1) is 42.6 Å². The number of methoxy groups -OCH3 is 2. The van der Waals surface area contributed by atoms with Crippen LogP contribution in [-0.4, -0.2) is 56.6 Å². The lowest BCUT2D eigenvalue weighted by Gasteiger charge is -2.13. The maximum absolute atomic E-state index is 13.8. The molecule has 210 valence electrons. The van der Waals surface area contributed by atoms with Gasteiger partial charge in [0.1, 0.15) is 18.2 Å². The van der Waals surface area contributed by atoms with Crippen molar-refractivity contribution in [3.05, 3.63) is 87.7 Å². The molecule has 0 spiro atoms. The number of carbonyl (C=O) groups is 3. The number of amides is 2. The fourth-order valence-corrected chi connectivity index (χ4v) is 3.57. The third kappa shape index (κ3) is 8.23. The Morgan fingerprint density at radius 1 is 0.950 bits per heavy atom. The average molecular weight is 555 g/mol. The minimum Gasteiger partial charge on any atom is -0.495 e. The SMILES string of the molecule is COC(=O)c1ccc(OCCNCC(=O)Cc2ccc(NC(=O)Nc3ccccc3F)c(OC)c2)c([N+](=O)[O-])c1. The van der Waals surface area contributed by atoms with Crippen LogP contribution in [0.15, 0.2) is 60.7 Å². The van der Waals surface area contributed by atoms with Crippen LogP contribution in [0.5, 0.6) is 11.5 Å². The van der Waals surface area contributed by atoms with Gasteiger partial charge >= 0.3 is 17.7 Å². The summed E-state index contributed by atoms with van der Waals surface area (Å²) in [7, 11) is 2.59. The fourth-order valence-electron chi connectivity index (χ4n) is 3.57. The van der Waals surface area contributed by atoms with Crippen LogP contribution in [-0.2, 0) is 16.0 Å². The number of esters is 1. The Morgan fingerprint density at radius 2 is 1.70 bits per heavy atom. The number of nitro benzene ring substituents is 1. The van der Waals surface area contributed by atoms with Crippen LogP contribution in [0.25, 0.3) is 0 Å². The monoisotopic (exact) mass is 554 g/mol. The number of para-hydroxylation sites is 1. The first kappa shape index (κ1) is 29.5. The molecular weight excluding hydrogens is 527 g/mol. The molecule has 0 aliphatic carbocycles. The normalized spacial score (nSPS) is 10.4. The van der Waals surface area contributed by atoms with Crippen molar-refractivity contribution >= 4 is 34.8 Å². The van der Waals surface area contributed by atoms with Gasteiger partial charge < -0.3 is 30.2 Å². The molecule has 0 atom stereocenters. The Kier molecular flexibility index (Phi) is 10.5. The summed E-state index contributed by atoms with van der Waals surface area (Å²) in [6, 6.07) is 13.7. The van der Waals surface area contributed by atoms with E-state index < -0.39 is 22.7 Å². The smallest absolute Gasteiger partial charge is 0.338 e. The molecule has 0 aromatic heterocycles. The average Bonchev–Trinajstić information content (AvgIpc) is 2.94. The highest BCUT2D eigenvalue weighted by atomic mass is 19.1. The molecule has 13 heteroatoms. The summed E-state index contributed by atoms with van der Waals surface area (Å²) in [6.45, 7) is 0.278. The molecule has 3 N–H and O–H groups in total. The molecule has 3 aromatic carbocycles. The molecule has 0 fully saturated rings. The molecule has 0 aliphatic rings. The second kappa shape index (κ2) is 14.2. The zero-order valence-electron chi connectivity index (χ0n) is 21.7. The van der Waals surface area contributed by atoms with Crippen LogP contribution in [0, 0.1) is 15.9 Å². The highest BCUT2D eigenvalue weighted by molar-refractivity contribution is 6.00. The van der Waals surface area contributed by atoms with E-state index in [0.717, 1.165) is 6.07 Å². The second-order valence-corrected chi connectivity index (χ2v) is 8.27. The van der Waals surface area contributed by atoms with Gasteiger partial charge in [-0.05, 0) is 42.0 Å². The predicted molar refractivity (Wildman–Crippen MR) is 144 cm³/mol. The first-order valence-electron chi connectivity index (χ1n) is 11.9. The first-order valence-corrected chi connectivity index (χ1v) is 11.9. The molecular formula is C27H27FN4O8. The van der Waals surface area contributed by atoms with Gasteiger partial charge in [0, 0.05) is 19.0 Å². The van der Waals surface area contributed by atoms with Crippen molar-refractivity contribution in [3.63, 3.8) is 0 Å². The van der Waals surface area contributed by atoms with Crippen LogP contribution in [0.3, 0.4) is 0 Å². The van der Waals surface area contributed by atoms with Crippen LogP contribution in [0.1, 0.15) is 15.9 Å². The molecule has 0 heterocycles. The second-order valence-electron chi connectivity index (χ2n) is 8.27. The van der Waals surface area contributed by atoms with E-state index in [1.165, 1.54) is 44.6 Å². The number of nitro groups is 1. The van der Waals surface area contributed by atoms with E-state index in [2.05, 4.69) is 20.7 Å². The van der Waals surface area contributed by atoms with Gasteiger partial charge in [-0.15, -0.1) is 0 Å². The maximum Gasteiger partial charge on any atom is 0.338 e. The van der Waals surface area contributed by atoms with E-state index in [-0.39, 0.29) is 54.6 Å². The van der Waals surface area contributed by atoms with Gasteiger partial charge in [0.2, 0.25) is 0 Å². The zero-order valence-corrected chi connectivity index (χ0v) is 21.7. The Bertz CT molecular complexity index is 1400. The number of hydrogen-bond acceptors (Lipinski definition) is 9. The number of urea groups is 1. The molecule has 0 bridgehead atoms. The molecule has 12 nitrogen and oxygen atoms in total. The van der Waals surface area contributed by atoms with Crippen molar-refractivity contribution in [2.45, 2.75) is 6.42 Å².